The van der Waals surface area contributed by atoms with Crippen LogP contribution in [0.25, 0.3) is 0 Å². The Hall–Kier alpha value is -3.65. The topological polar surface area (TPSA) is 66.5 Å². The zero-order valence-corrected chi connectivity index (χ0v) is 23.2. The standard InChI is InChI=1S/C31H32ClF3N2O3/c1-20(2)28(29(39)31(33,34)35)36-30(40)26(17-21-11-6-4-7-12-21)37(3)27(38)19-25(22-13-8-5-9-14-22)23-15-10-16-24(32)18-23/h4-16,18,20,25-26,28H,17,19H2,1-3H3,(H,36,40). The number of Topliss-reactive ketones (excluding diaryl/α,β-unsaturated/α-hetero) is 1. The average molecular weight is 573 g/mol. The molecule has 1 N–H and O–H groups in total. The smallest absolute Gasteiger partial charge is 0.344 e. The van der Waals surface area contributed by atoms with E-state index < -0.39 is 41.8 Å². The molecule has 9 heteroatoms. The molecule has 0 bridgehead atoms. The molecule has 0 fully saturated rings. The molecule has 3 rings (SSSR count). The molecule has 3 aromatic carbocycles. The zero-order valence-electron chi connectivity index (χ0n) is 22.5. The quantitative estimate of drug-likeness (QED) is 0.297. The predicted octanol–water partition coefficient (Wildman–Crippen LogP) is 6.20. The van der Waals surface area contributed by atoms with Crippen LogP contribution in [-0.2, 0) is 20.8 Å². The maximum absolute atomic E-state index is 13.7. The zero-order chi connectivity index (χ0) is 29.4. The van der Waals surface area contributed by atoms with Crippen LogP contribution < -0.4 is 5.32 Å². The number of carbonyl (C=O) groups is 3. The first-order valence-electron chi connectivity index (χ1n) is 12.9. The predicted molar refractivity (Wildman–Crippen MR) is 149 cm³/mol. The van der Waals surface area contributed by atoms with E-state index in [1.165, 1.54) is 25.8 Å². The molecule has 0 aliphatic rings. The first kappa shape index (κ1) is 30.9. The second-order valence-electron chi connectivity index (χ2n) is 10.0. The molecule has 2 amide bonds. The minimum Gasteiger partial charge on any atom is -0.344 e. The Morgan fingerprint density at radius 2 is 1.45 bits per heavy atom. The van der Waals surface area contributed by atoms with Gasteiger partial charge in [0.05, 0.1) is 6.04 Å². The average Bonchev–Trinajstić information content (AvgIpc) is 2.92. The van der Waals surface area contributed by atoms with Gasteiger partial charge in [0.1, 0.15) is 6.04 Å². The summed E-state index contributed by atoms with van der Waals surface area (Å²) in [5, 5.41) is 2.79. The van der Waals surface area contributed by atoms with Crippen molar-refractivity contribution in [2.75, 3.05) is 7.05 Å². The molecule has 0 radical (unpaired) electrons. The van der Waals surface area contributed by atoms with Crippen LogP contribution in [0.4, 0.5) is 13.2 Å². The highest BCUT2D eigenvalue weighted by Gasteiger charge is 2.45. The van der Waals surface area contributed by atoms with Crippen LogP contribution in [0.5, 0.6) is 0 Å². The summed E-state index contributed by atoms with van der Waals surface area (Å²) in [5.41, 5.74) is 2.38. The SMILES string of the molecule is CC(C)C(NC(=O)C(Cc1ccccc1)N(C)C(=O)CC(c1ccccc1)c1cccc(Cl)c1)C(=O)C(F)(F)F. The van der Waals surface area contributed by atoms with Gasteiger partial charge in [0.25, 0.3) is 5.78 Å². The number of hydrogen-bond acceptors (Lipinski definition) is 3. The highest BCUT2D eigenvalue weighted by Crippen LogP contribution is 2.31. The first-order chi connectivity index (χ1) is 18.9. The van der Waals surface area contributed by atoms with Crippen molar-refractivity contribution in [2.24, 2.45) is 5.92 Å². The third-order valence-electron chi connectivity index (χ3n) is 6.79. The van der Waals surface area contributed by atoms with Crippen LogP contribution in [-0.4, -0.2) is 47.8 Å². The van der Waals surface area contributed by atoms with E-state index in [-0.39, 0.29) is 18.8 Å². The van der Waals surface area contributed by atoms with E-state index in [0.717, 1.165) is 11.1 Å². The molecule has 40 heavy (non-hydrogen) atoms. The second-order valence-corrected chi connectivity index (χ2v) is 10.5. The van der Waals surface area contributed by atoms with Gasteiger partial charge in [0, 0.05) is 30.8 Å². The number of benzene rings is 3. The Bertz CT molecular complexity index is 1300. The molecule has 0 saturated carbocycles. The van der Waals surface area contributed by atoms with Crippen LogP contribution in [0.1, 0.15) is 42.9 Å². The van der Waals surface area contributed by atoms with Gasteiger partial charge in [0.2, 0.25) is 11.8 Å². The summed E-state index contributed by atoms with van der Waals surface area (Å²) in [6.07, 6.45) is -5.08. The number of nitrogens with one attached hydrogen (secondary N) is 1. The summed E-state index contributed by atoms with van der Waals surface area (Å²) < 4.78 is 39.8. The molecule has 3 unspecified atom stereocenters. The Kier molecular flexibility index (Phi) is 10.5. The van der Waals surface area contributed by atoms with E-state index in [1.54, 1.807) is 48.5 Å². The Morgan fingerprint density at radius 1 is 0.875 bits per heavy atom. The molecule has 3 aromatic rings. The van der Waals surface area contributed by atoms with Crippen LogP contribution in [0.15, 0.2) is 84.9 Å². The van der Waals surface area contributed by atoms with E-state index in [0.29, 0.717) is 10.6 Å². The molecule has 0 aliphatic carbocycles. The van der Waals surface area contributed by atoms with Gasteiger partial charge in [-0.15, -0.1) is 0 Å². The van der Waals surface area contributed by atoms with Crippen LogP contribution >= 0.6 is 11.6 Å². The van der Waals surface area contributed by atoms with Crippen molar-refractivity contribution in [1.82, 2.24) is 10.2 Å². The molecular formula is C31H32ClF3N2O3. The summed E-state index contributed by atoms with van der Waals surface area (Å²) >= 11 is 6.23. The molecule has 5 nitrogen and oxygen atoms in total. The van der Waals surface area contributed by atoms with Gasteiger partial charge >= 0.3 is 6.18 Å². The van der Waals surface area contributed by atoms with E-state index in [4.69, 9.17) is 11.6 Å². The van der Waals surface area contributed by atoms with Crippen molar-refractivity contribution < 1.29 is 27.6 Å². The fourth-order valence-corrected chi connectivity index (χ4v) is 4.73. The van der Waals surface area contributed by atoms with Gasteiger partial charge in [-0.05, 0) is 34.7 Å². The van der Waals surface area contributed by atoms with Crippen LogP contribution in [0, 0.1) is 5.92 Å². The maximum Gasteiger partial charge on any atom is 0.452 e. The number of likely N-dealkylation sites (N-methyl/N-ethyl adjacent to an activating group) is 1. The number of rotatable bonds is 11. The lowest BCUT2D eigenvalue weighted by Gasteiger charge is -2.31. The number of hydrogen-bond donors (Lipinski definition) is 1. The fraction of sp³-hybridized carbons (Fsp3) is 0.323. The van der Waals surface area contributed by atoms with Crippen molar-refractivity contribution in [3.8, 4) is 0 Å². The van der Waals surface area contributed by atoms with E-state index in [1.807, 2.05) is 36.4 Å². The van der Waals surface area contributed by atoms with Gasteiger partial charge in [-0.25, -0.2) is 0 Å². The summed E-state index contributed by atoms with van der Waals surface area (Å²) in [6.45, 7) is 2.84. The largest absolute Gasteiger partial charge is 0.452 e. The molecule has 3 atom stereocenters. The molecular weight excluding hydrogens is 541 g/mol. The monoisotopic (exact) mass is 572 g/mol. The summed E-state index contributed by atoms with van der Waals surface area (Å²) in [6, 6.07) is 22.4. The van der Waals surface area contributed by atoms with Crippen molar-refractivity contribution in [3.63, 3.8) is 0 Å². The van der Waals surface area contributed by atoms with E-state index in [2.05, 4.69) is 5.32 Å². The van der Waals surface area contributed by atoms with E-state index >= 15 is 0 Å². The lowest BCUT2D eigenvalue weighted by Crippen LogP contribution is -2.56. The number of halogens is 4. The Labute approximate surface area is 237 Å². The van der Waals surface area contributed by atoms with Crippen LogP contribution in [0.3, 0.4) is 0 Å². The summed E-state index contributed by atoms with van der Waals surface area (Å²) in [7, 11) is 1.45. The van der Waals surface area contributed by atoms with Crippen molar-refractivity contribution in [2.45, 2.75) is 50.9 Å². The van der Waals surface area contributed by atoms with Gasteiger partial charge in [0.15, 0.2) is 0 Å². The number of carbonyl (C=O) groups excluding carboxylic acids is 3. The number of amides is 2. The number of alkyl halides is 3. The normalized spacial score (nSPS) is 13.8. The van der Waals surface area contributed by atoms with Crippen molar-refractivity contribution >= 4 is 29.2 Å². The summed E-state index contributed by atoms with van der Waals surface area (Å²) in [5.74, 6) is -4.47. The van der Waals surface area contributed by atoms with E-state index in [9.17, 15) is 27.6 Å². The van der Waals surface area contributed by atoms with Crippen molar-refractivity contribution in [1.29, 1.82) is 0 Å². The summed E-state index contributed by atoms with van der Waals surface area (Å²) in [4.78, 5) is 40.5. The third kappa shape index (κ3) is 8.18. The number of nitrogens with zero attached hydrogens (tertiary/aromatic N) is 1. The minimum absolute atomic E-state index is 0.0193. The van der Waals surface area contributed by atoms with Crippen LogP contribution in [0.2, 0.25) is 5.02 Å². The molecule has 0 aliphatic heterocycles. The maximum atomic E-state index is 13.7. The lowest BCUT2D eigenvalue weighted by atomic mass is 9.88. The molecule has 0 spiro atoms. The molecule has 0 saturated heterocycles. The molecule has 0 heterocycles. The highest BCUT2D eigenvalue weighted by molar-refractivity contribution is 6.30. The fourth-order valence-electron chi connectivity index (χ4n) is 4.53. The Morgan fingerprint density at radius 3 is 2.00 bits per heavy atom. The minimum atomic E-state index is -5.11. The third-order valence-corrected chi connectivity index (χ3v) is 7.03. The highest BCUT2D eigenvalue weighted by atomic mass is 35.5. The second kappa shape index (κ2) is 13.6. The van der Waals surface area contributed by atoms with Gasteiger partial charge in [-0.1, -0.05) is 98.2 Å². The van der Waals surface area contributed by atoms with Crippen molar-refractivity contribution in [3.05, 3.63) is 107 Å². The lowest BCUT2D eigenvalue weighted by molar-refractivity contribution is -0.175. The molecule has 0 aromatic heterocycles. The Balaban J connectivity index is 1.92. The van der Waals surface area contributed by atoms with Gasteiger partial charge < -0.3 is 10.2 Å². The molecule has 212 valence electrons. The van der Waals surface area contributed by atoms with Gasteiger partial charge in [-0.2, -0.15) is 13.2 Å². The van der Waals surface area contributed by atoms with Gasteiger partial charge in [-0.3, -0.25) is 14.4 Å². The number of ketones is 1. The first-order valence-corrected chi connectivity index (χ1v) is 13.3.